The fourth-order valence-electron chi connectivity index (χ4n) is 11.5. The Labute approximate surface area is 385 Å². The van der Waals surface area contributed by atoms with E-state index in [1.165, 1.54) is 23.3 Å². The predicted octanol–water partition coefficient (Wildman–Crippen LogP) is 15.0. The summed E-state index contributed by atoms with van der Waals surface area (Å²) in [7, 11) is 0.624. The Morgan fingerprint density at radius 3 is 1.75 bits per heavy atom. The molecule has 68 heavy (non-hydrogen) atoms. The molecule has 0 unspecified atom stereocenters. The molecule has 10 rings (SSSR count). The molecule has 7 aromatic rings. The summed E-state index contributed by atoms with van der Waals surface area (Å²) < 4.78 is 153. The second kappa shape index (κ2) is 16.2. The van der Waals surface area contributed by atoms with E-state index in [-0.39, 0.29) is 68.3 Å². The molecule has 3 aliphatic rings. The fourth-order valence-corrected chi connectivity index (χ4v) is 11.5. The van der Waals surface area contributed by atoms with Crippen molar-refractivity contribution in [2.75, 3.05) is 0 Å². The van der Waals surface area contributed by atoms with E-state index in [1.54, 1.807) is 16.6 Å². The second-order valence-electron chi connectivity index (χ2n) is 18.3. The van der Waals surface area contributed by atoms with Crippen molar-refractivity contribution in [1.29, 1.82) is 0 Å². The first kappa shape index (κ1) is 45.5. The molecule has 0 saturated heterocycles. The molecule has 0 saturated carbocycles. The summed E-state index contributed by atoms with van der Waals surface area (Å²) in [6.45, 7) is 7.84. The van der Waals surface area contributed by atoms with Crippen LogP contribution in [0.5, 0.6) is 5.75 Å². The number of aromatic nitrogens is 1. The van der Waals surface area contributed by atoms with Gasteiger partial charge in [0.05, 0.1) is 22.4 Å². The number of ether oxygens (including phenoxy) is 1. The Kier molecular flexibility index (Phi) is 10.8. The maximum atomic E-state index is 15.0. The zero-order valence-corrected chi connectivity index (χ0v) is 37.3. The van der Waals surface area contributed by atoms with E-state index in [1.807, 2.05) is 27.0 Å². The van der Waals surface area contributed by atoms with Crippen LogP contribution in [0.1, 0.15) is 107 Å². The Balaban J connectivity index is 0.988. The maximum absolute atomic E-state index is 15.0. The van der Waals surface area contributed by atoms with Crippen LogP contribution in [0.15, 0.2) is 89.3 Å². The first-order valence-electron chi connectivity index (χ1n) is 22.5. The van der Waals surface area contributed by atoms with Gasteiger partial charge in [-0.05, 0) is 197 Å². The molecule has 349 valence electrons. The number of carbonyl (C=O) groups is 1. The van der Waals surface area contributed by atoms with Crippen LogP contribution in [0, 0.1) is 20.8 Å². The second-order valence-corrected chi connectivity index (χ2v) is 18.3. The summed E-state index contributed by atoms with van der Waals surface area (Å²) >= 11 is 0. The molecule has 15 heteroatoms. The minimum absolute atomic E-state index is 0.0393. The van der Waals surface area contributed by atoms with Crippen LogP contribution >= 0.6 is 0 Å². The lowest BCUT2D eigenvalue weighted by Crippen LogP contribution is -2.20. The van der Waals surface area contributed by atoms with E-state index in [2.05, 4.69) is 12.2 Å². The summed E-state index contributed by atoms with van der Waals surface area (Å²) in [5.74, 6) is -0.378. The van der Waals surface area contributed by atoms with Crippen LogP contribution < -0.4 is 10.1 Å². The highest BCUT2D eigenvalue weighted by atomic mass is 19.4. The minimum atomic E-state index is -5.16. The van der Waals surface area contributed by atoms with Gasteiger partial charge in [0.15, 0.2) is 0 Å². The van der Waals surface area contributed by atoms with Gasteiger partial charge >= 0.3 is 32.2 Å². The highest BCUT2D eigenvalue weighted by molar-refractivity contribution is 6.34. The van der Waals surface area contributed by atoms with Gasteiger partial charge in [-0.25, -0.2) is 0 Å². The number of carbonyl (C=O) groups excluding carboxylic acids is 1. The van der Waals surface area contributed by atoms with Crippen molar-refractivity contribution in [2.24, 2.45) is 0 Å². The van der Waals surface area contributed by atoms with Crippen molar-refractivity contribution in [1.82, 2.24) is 9.79 Å². The van der Waals surface area contributed by atoms with Gasteiger partial charge in [0.1, 0.15) is 5.75 Å². The number of allylic oxidation sites excluding steroid dienone is 3. The van der Waals surface area contributed by atoms with Crippen LogP contribution in [-0.4, -0.2) is 18.1 Å². The Bertz CT molecular complexity index is 3290. The van der Waals surface area contributed by atoms with Crippen LogP contribution in [0.4, 0.5) is 43.8 Å². The van der Waals surface area contributed by atoms with Gasteiger partial charge in [-0.3, -0.25) is 4.79 Å². The van der Waals surface area contributed by atoms with E-state index >= 15 is 0 Å². The number of halogens is 10. The molecule has 1 radical (unpaired) electrons. The normalized spacial score (nSPS) is 16.3. The van der Waals surface area contributed by atoms with Crippen LogP contribution in [0.2, 0.25) is 0 Å². The maximum Gasteiger partial charge on any atom is 0.495 e. The number of rotatable bonds is 8. The van der Waals surface area contributed by atoms with Gasteiger partial charge in [-0.1, -0.05) is 30.3 Å². The van der Waals surface area contributed by atoms with Crippen molar-refractivity contribution < 1.29 is 53.4 Å². The minimum Gasteiger partial charge on any atom is -0.427 e. The molecule has 0 fully saturated rings. The van der Waals surface area contributed by atoms with Crippen LogP contribution in [0.25, 0.3) is 48.7 Å². The van der Waals surface area contributed by atoms with Gasteiger partial charge in [-0.15, -0.1) is 0 Å². The molecule has 1 N–H and O–H groups in total. The lowest BCUT2D eigenvalue weighted by atomic mass is 9.83. The van der Waals surface area contributed by atoms with Crippen LogP contribution in [-0.2, 0) is 42.6 Å². The first-order chi connectivity index (χ1) is 32.2. The Hall–Kier alpha value is -6.25. The number of hydrogen-bond donors (Lipinski definition) is 1. The zero-order valence-electron chi connectivity index (χ0n) is 37.3. The van der Waals surface area contributed by atoms with Gasteiger partial charge in [-0.2, -0.15) is 39.5 Å². The third kappa shape index (κ3) is 7.24. The molecule has 0 spiro atoms. The molecular weight excluding hydrogens is 897 g/mol. The van der Waals surface area contributed by atoms with Gasteiger partial charge in [0, 0.05) is 35.0 Å². The van der Waals surface area contributed by atoms with Crippen molar-refractivity contribution in [3.05, 3.63) is 151 Å². The highest BCUT2D eigenvalue weighted by Crippen LogP contribution is 2.51. The van der Waals surface area contributed by atoms with Crippen LogP contribution in [0.3, 0.4) is 0 Å². The topological polar surface area (TPSA) is 43.3 Å². The van der Waals surface area contributed by atoms with Crippen molar-refractivity contribution >= 4 is 62.3 Å². The average molecular weight is 940 g/mol. The van der Waals surface area contributed by atoms with Gasteiger partial charge in [0.2, 0.25) is 0 Å². The summed E-state index contributed by atoms with van der Waals surface area (Å²) in [6, 6.07) is 11.3. The highest BCUT2D eigenvalue weighted by Gasteiger charge is 2.41. The SMILES string of the molecule is CC1=CN/C(=C(/c2c(C)cc(OC(=O)CCCc3ccc4c5ccc(C(F)(F)F)c6c(C(F)(F)F)ccc(c7ccc(C(F)(F)F)c3c47)c65)cc2C)c2c3c(c(C)n2[B]F)CCC3)C2=C1CCC2. The molecule has 2 aliphatic carbocycles. The van der Waals surface area contributed by atoms with Crippen molar-refractivity contribution in [2.45, 2.75) is 104 Å². The summed E-state index contributed by atoms with van der Waals surface area (Å²) in [5, 5.41) is 1.95. The number of esters is 1. The average Bonchev–Trinajstić information content (AvgIpc) is 4.02. The number of nitrogens with one attached hydrogen (secondary N) is 1. The predicted molar refractivity (Wildman–Crippen MR) is 244 cm³/mol. The molecule has 6 aromatic carbocycles. The smallest absolute Gasteiger partial charge is 0.427 e. The molecule has 2 heterocycles. The fraction of sp³-hybridized carbons (Fsp3) is 0.302. The molecule has 1 aromatic heterocycles. The van der Waals surface area contributed by atoms with E-state index < -0.39 is 46.6 Å². The molecule has 1 aliphatic heterocycles. The third-order valence-corrected chi connectivity index (χ3v) is 14.3. The molecule has 0 bridgehead atoms. The number of hydrogen-bond acceptors (Lipinski definition) is 3. The summed E-state index contributed by atoms with van der Waals surface area (Å²) in [4.78, 5) is 13.5. The quantitative estimate of drug-likeness (QED) is 0.0412. The zero-order chi connectivity index (χ0) is 48.4. The van der Waals surface area contributed by atoms with E-state index in [0.29, 0.717) is 19.8 Å². The van der Waals surface area contributed by atoms with Crippen molar-refractivity contribution in [3.63, 3.8) is 0 Å². The molecular formula is C53H42BF10N2O2. The molecule has 4 nitrogen and oxygen atoms in total. The lowest BCUT2D eigenvalue weighted by Gasteiger charge is -2.26. The van der Waals surface area contributed by atoms with E-state index in [0.717, 1.165) is 119 Å². The van der Waals surface area contributed by atoms with E-state index in [9.17, 15) is 48.6 Å². The standard InChI is InChI=1S/C53H42BF10N2O2/c1-25-22-30(23-26(2)43(25)48(49-37-11-6-9-31(37)27(3)24-65-49)50-38-12-7-10-32(38)28(4)66(50)54-64)68-42(67)13-5-8-29-14-15-33-35-17-20-40(52(58,59)60)47-41(53(61,62)63)21-18-36(46(35)47)34-16-19-39(51(55,56)57)44(29)45(33)34/h14-24,65H,5-13H2,1-4H3/b49-48-. The number of dihydropyridines is 1. The third-order valence-electron chi connectivity index (χ3n) is 14.3. The lowest BCUT2D eigenvalue weighted by molar-refractivity contribution is -0.140. The molecule has 0 amide bonds. The van der Waals surface area contributed by atoms with Crippen molar-refractivity contribution in [3.8, 4) is 5.75 Å². The number of benzene rings is 6. The first-order valence-corrected chi connectivity index (χ1v) is 22.5. The largest absolute Gasteiger partial charge is 0.495 e. The van der Waals surface area contributed by atoms with E-state index in [4.69, 9.17) is 4.74 Å². The number of alkyl halides is 9. The summed E-state index contributed by atoms with van der Waals surface area (Å²) in [5.41, 5.74) is 7.94. The number of fused-ring (bicyclic) bond motifs is 3. The monoisotopic (exact) mass is 939 g/mol. The number of aryl methyl sites for hydroxylation is 3. The summed E-state index contributed by atoms with van der Waals surface area (Å²) in [6.07, 6.45) is -7.97. The Morgan fingerprint density at radius 2 is 1.18 bits per heavy atom. The van der Waals surface area contributed by atoms with Gasteiger partial charge < -0.3 is 18.8 Å². The van der Waals surface area contributed by atoms with Gasteiger partial charge in [0.25, 0.3) is 0 Å². The molecule has 0 atom stereocenters. The number of nitrogens with zero attached hydrogens (tertiary/aromatic N) is 1. The Morgan fingerprint density at radius 1 is 0.662 bits per heavy atom.